The second-order valence-electron chi connectivity index (χ2n) is 8.58. The van der Waals surface area contributed by atoms with E-state index >= 15 is 0 Å². The zero-order valence-corrected chi connectivity index (χ0v) is 17.4. The lowest BCUT2D eigenvalue weighted by atomic mass is 9.74. The van der Waals surface area contributed by atoms with Gasteiger partial charge in [-0.2, -0.15) is 0 Å². The number of aromatic nitrogens is 3. The van der Waals surface area contributed by atoms with Crippen molar-refractivity contribution in [3.8, 4) is 11.4 Å². The molecular formula is C22H26ClN5O. The highest BCUT2D eigenvalue weighted by molar-refractivity contribution is 6.33. The van der Waals surface area contributed by atoms with Gasteiger partial charge >= 0.3 is 0 Å². The van der Waals surface area contributed by atoms with Crippen LogP contribution in [-0.2, 0) is 0 Å². The maximum atomic E-state index is 12.3. The third kappa shape index (κ3) is 3.34. The molecule has 2 fully saturated rings. The van der Waals surface area contributed by atoms with Crippen LogP contribution in [-0.4, -0.2) is 41.1 Å². The summed E-state index contributed by atoms with van der Waals surface area (Å²) in [7, 11) is 0. The largest absolute Gasteiger partial charge is 0.371 e. The van der Waals surface area contributed by atoms with Crippen molar-refractivity contribution in [2.24, 2.45) is 5.41 Å². The quantitative estimate of drug-likeness (QED) is 0.598. The van der Waals surface area contributed by atoms with Crippen LogP contribution in [0.3, 0.4) is 0 Å². The molecule has 152 valence electrons. The summed E-state index contributed by atoms with van der Waals surface area (Å²) >= 11 is 6.27. The van der Waals surface area contributed by atoms with E-state index in [0.29, 0.717) is 21.8 Å². The highest BCUT2D eigenvalue weighted by atomic mass is 35.5. The number of piperidine rings is 2. The smallest absolute Gasteiger partial charge is 0.260 e. The van der Waals surface area contributed by atoms with Gasteiger partial charge in [0.2, 0.25) is 0 Å². The molecule has 3 aromatic rings. The van der Waals surface area contributed by atoms with Crippen LogP contribution in [0.15, 0.2) is 29.2 Å². The van der Waals surface area contributed by atoms with E-state index < -0.39 is 0 Å². The number of rotatable bonds is 2. The molecule has 0 bridgehead atoms. The number of nitrogens with one attached hydrogen (secondary N) is 3. The van der Waals surface area contributed by atoms with E-state index in [1.807, 2.05) is 0 Å². The lowest BCUT2D eigenvalue weighted by molar-refractivity contribution is 0.173. The highest BCUT2D eigenvalue weighted by Crippen LogP contribution is 2.38. The number of benzene rings is 1. The van der Waals surface area contributed by atoms with Crippen molar-refractivity contribution in [1.29, 1.82) is 0 Å². The van der Waals surface area contributed by atoms with E-state index in [2.05, 4.69) is 44.2 Å². The maximum absolute atomic E-state index is 12.3. The summed E-state index contributed by atoms with van der Waals surface area (Å²) in [5.41, 5.74) is 4.69. The highest BCUT2D eigenvalue weighted by Gasteiger charge is 2.36. The number of hydrogen-bond donors (Lipinski definition) is 3. The molecule has 0 saturated carbocycles. The summed E-state index contributed by atoms with van der Waals surface area (Å²) in [5.74, 6) is 0.513. The monoisotopic (exact) mass is 411 g/mol. The Kier molecular flexibility index (Phi) is 4.63. The molecule has 5 rings (SSSR count). The van der Waals surface area contributed by atoms with Gasteiger partial charge in [-0.25, -0.2) is 4.98 Å². The standard InChI is InChI=1S/C22H26ClN5O/c1-14-10-15(28-9-3-6-22(13-28)5-2-7-24-12-22)11-17-19(14)27-20(26-17)18-16(23)4-8-25-21(18)29/h4,8,10-11,24H,2-3,5-7,9,12-13H2,1H3,(H,25,29)(H,26,27). The number of aryl methyl sites for hydroxylation is 1. The number of H-pyrrole nitrogens is 2. The fraction of sp³-hybridized carbons (Fsp3) is 0.455. The Morgan fingerprint density at radius 3 is 2.90 bits per heavy atom. The molecule has 2 saturated heterocycles. The normalized spacial score (nSPS) is 22.5. The van der Waals surface area contributed by atoms with Gasteiger partial charge in [-0.05, 0) is 62.9 Å². The Labute approximate surface area is 174 Å². The number of pyridine rings is 1. The third-order valence-electron chi connectivity index (χ3n) is 6.50. The molecule has 2 aliphatic rings. The average molecular weight is 412 g/mol. The van der Waals surface area contributed by atoms with Crippen LogP contribution in [0.4, 0.5) is 5.69 Å². The summed E-state index contributed by atoms with van der Waals surface area (Å²) in [5, 5.41) is 4.00. The van der Waals surface area contributed by atoms with Gasteiger partial charge in [-0.15, -0.1) is 0 Å². The van der Waals surface area contributed by atoms with Crippen molar-refractivity contribution in [3.63, 3.8) is 0 Å². The van der Waals surface area contributed by atoms with Crippen molar-refractivity contribution in [2.45, 2.75) is 32.6 Å². The third-order valence-corrected chi connectivity index (χ3v) is 6.81. The molecule has 3 N–H and O–H groups in total. The van der Waals surface area contributed by atoms with Gasteiger partial charge in [0.1, 0.15) is 11.4 Å². The summed E-state index contributed by atoms with van der Waals surface area (Å²) < 4.78 is 0. The molecule has 1 unspecified atom stereocenters. The molecule has 2 aliphatic heterocycles. The zero-order chi connectivity index (χ0) is 20.0. The van der Waals surface area contributed by atoms with E-state index in [0.717, 1.165) is 42.8 Å². The fourth-order valence-electron chi connectivity index (χ4n) is 5.05. The van der Waals surface area contributed by atoms with Crippen LogP contribution >= 0.6 is 11.6 Å². The molecule has 0 amide bonds. The minimum absolute atomic E-state index is 0.239. The van der Waals surface area contributed by atoms with Crippen LogP contribution in [0.25, 0.3) is 22.4 Å². The molecule has 1 aromatic carbocycles. The minimum atomic E-state index is -0.239. The minimum Gasteiger partial charge on any atom is -0.371 e. The number of nitrogens with zero attached hydrogens (tertiary/aromatic N) is 2. The van der Waals surface area contributed by atoms with E-state index in [-0.39, 0.29) is 5.56 Å². The second kappa shape index (κ2) is 7.18. The number of anilines is 1. The lowest BCUT2D eigenvalue weighted by Gasteiger charge is -2.46. The molecule has 29 heavy (non-hydrogen) atoms. The Balaban J connectivity index is 1.52. The van der Waals surface area contributed by atoms with Gasteiger partial charge < -0.3 is 20.2 Å². The van der Waals surface area contributed by atoms with Gasteiger partial charge in [0, 0.05) is 36.9 Å². The van der Waals surface area contributed by atoms with Gasteiger partial charge in [0.25, 0.3) is 5.56 Å². The number of aromatic amines is 2. The first-order valence-corrected chi connectivity index (χ1v) is 10.8. The Hall–Kier alpha value is -2.31. The summed E-state index contributed by atoms with van der Waals surface area (Å²) in [6.07, 6.45) is 6.65. The first-order valence-electron chi connectivity index (χ1n) is 10.4. The molecule has 0 radical (unpaired) electrons. The van der Waals surface area contributed by atoms with E-state index in [4.69, 9.17) is 11.6 Å². The average Bonchev–Trinajstić information content (AvgIpc) is 3.13. The molecule has 1 atom stereocenters. The molecule has 7 heteroatoms. The van der Waals surface area contributed by atoms with Crippen LogP contribution in [0, 0.1) is 12.3 Å². The number of halogens is 1. The van der Waals surface area contributed by atoms with Gasteiger partial charge in [0.05, 0.1) is 16.1 Å². The molecular weight excluding hydrogens is 386 g/mol. The predicted molar refractivity (Wildman–Crippen MR) is 118 cm³/mol. The number of fused-ring (bicyclic) bond motifs is 1. The van der Waals surface area contributed by atoms with E-state index in [1.54, 1.807) is 12.3 Å². The molecule has 0 aliphatic carbocycles. The zero-order valence-electron chi connectivity index (χ0n) is 16.6. The van der Waals surface area contributed by atoms with Crippen LogP contribution in [0.5, 0.6) is 0 Å². The molecule has 1 spiro atoms. The topological polar surface area (TPSA) is 76.8 Å². The molecule has 4 heterocycles. The molecule has 6 nitrogen and oxygen atoms in total. The van der Waals surface area contributed by atoms with Crippen LogP contribution in [0.1, 0.15) is 31.2 Å². The van der Waals surface area contributed by atoms with Crippen molar-refractivity contribution >= 4 is 28.3 Å². The van der Waals surface area contributed by atoms with Gasteiger partial charge in [0.15, 0.2) is 0 Å². The van der Waals surface area contributed by atoms with Crippen LogP contribution < -0.4 is 15.8 Å². The Morgan fingerprint density at radius 1 is 1.24 bits per heavy atom. The van der Waals surface area contributed by atoms with Crippen molar-refractivity contribution in [2.75, 3.05) is 31.1 Å². The van der Waals surface area contributed by atoms with Crippen molar-refractivity contribution in [3.05, 3.63) is 45.3 Å². The first kappa shape index (κ1) is 18.7. The SMILES string of the molecule is Cc1cc(N2CCCC3(CCCNC3)C2)cc2[nH]c(-c3c(Cl)cc[nH]c3=O)nc12. The van der Waals surface area contributed by atoms with Gasteiger partial charge in [-0.3, -0.25) is 4.79 Å². The van der Waals surface area contributed by atoms with Crippen molar-refractivity contribution < 1.29 is 0 Å². The van der Waals surface area contributed by atoms with E-state index in [1.165, 1.54) is 31.4 Å². The Bertz CT molecular complexity index is 1110. The molecule has 2 aromatic heterocycles. The number of imidazole rings is 1. The lowest BCUT2D eigenvalue weighted by Crippen LogP contribution is -2.51. The first-order chi connectivity index (χ1) is 14.0. The second-order valence-corrected chi connectivity index (χ2v) is 8.99. The maximum Gasteiger partial charge on any atom is 0.260 e. The summed E-state index contributed by atoms with van der Waals surface area (Å²) in [6.45, 7) is 6.52. The van der Waals surface area contributed by atoms with Crippen molar-refractivity contribution in [1.82, 2.24) is 20.3 Å². The predicted octanol–water partition coefficient (Wildman–Crippen LogP) is 3.85. The Morgan fingerprint density at radius 2 is 2.10 bits per heavy atom. The van der Waals surface area contributed by atoms with Gasteiger partial charge in [-0.1, -0.05) is 11.6 Å². The van der Waals surface area contributed by atoms with E-state index in [9.17, 15) is 4.79 Å². The van der Waals surface area contributed by atoms with Crippen LogP contribution in [0.2, 0.25) is 5.02 Å². The summed E-state index contributed by atoms with van der Waals surface area (Å²) in [6, 6.07) is 6.06. The summed E-state index contributed by atoms with van der Waals surface area (Å²) in [4.78, 5) is 25.5. The number of hydrogen-bond acceptors (Lipinski definition) is 4. The fourth-order valence-corrected chi connectivity index (χ4v) is 5.29.